The van der Waals surface area contributed by atoms with Gasteiger partial charge in [-0.3, -0.25) is 9.69 Å². The van der Waals surface area contributed by atoms with Crippen LogP contribution in [0.3, 0.4) is 0 Å². The van der Waals surface area contributed by atoms with E-state index in [2.05, 4.69) is 28.4 Å². The van der Waals surface area contributed by atoms with Gasteiger partial charge in [0.1, 0.15) is 0 Å². The van der Waals surface area contributed by atoms with Crippen LogP contribution in [-0.4, -0.2) is 23.4 Å². The smallest absolute Gasteiger partial charge is 0.324 e. The van der Waals surface area contributed by atoms with Crippen molar-refractivity contribution < 1.29 is 18.0 Å². The van der Waals surface area contributed by atoms with Crippen LogP contribution in [0, 0.1) is 0 Å². The molecule has 3 aromatic rings. The number of amides is 1. The van der Waals surface area contributed by atoms with Crippen molar-refractivity contribution in [1.82, 2.24) is 4.90 Å². The quantitative estimate of drug-likeness (QED) is 0.537. The number of hydrogen-bond acceptors (Lipinski definition) is 2. The van der Waals surface area contributed by atoms with Crippen molar-refractivity contribution in [2.24, 2.45) is 0 Å². The summed E-state index contributed by atoms with van der Waals surface area (Å²) in [7, 11) is 0. The van der Waals surface area contributed by atoms with E-state index in [1.165, 1.54) is 18.2 Å². The summed E-state index contributed by atoms with van der Waals surface area (Å²) in [5, 5.41) is 4.74. The second-order valence-corrected chi connectivity index (χ2v) is 7.78. The van der Waals surface area contributed by atoms with Gasteiger partial charge in [-0.15, -0.1) is 0 Å². The van der Waals surface area contributed by atoms with Crippen molar-refractivity contribution in [1.29, 1.82) is 0 Å². The van der Waals surface area contributed by atoms with Crippen LogP contribution in [0.2, 0.25) is 0 Å². The third-order valence-electron chi connectivity index (χ3n) is 5.60. The lowest BCUT2D eigenvalue weighted by molar-refractivity contribution is -0.137. The van der Waals surface area contributed by atoms with E-state index in [1.807, 2.05) is 31.2 Å². The van der Waals surface area contributed by atoms with Crippen LogP contribution in [0.15, 0.2) is 66.7 Å². The largest absolute Gasteiger partial charge is 0.418 e. The maximum Gasteiger partial charge on any atom is 0.418 e. The van der Waals surface area contributed by atoms with Gasteiger partial charge in [-0.1, -0.05) is 48.5 Å². The number of benzene rings is 3. The zero-order valence-corrected chi connectivity index (χ0v) is 16.6. The van der Waals surface area contributed by atoms with Crippen molar-refractivity contribution in [2.75, 3.05) is 11.9 Å². The molecular weight excluding hydrogens is 389 g/mol. The lowest BCUT2D eigenvalue weighted by atomic mass is 10.0. The summed E-state index contributed by atoms with van der Waals surface area (Å²) in [5.41, 5.74) is 0.0482. The monoisotopic (exact) mass is 412 g/mol. The van der Waals surface area contributed by atoms with Crippen LogP contribution >= 0.6 is 0 Å². The summed E-state index contributed by atoms with van der Waals surface area (Å²) < 4.78 is 39.6. The van der Waals surface area contributed by atoms with E-state index in [9.17, 15) is 18.0 Å². The Bertz CT molecular complexity index is 1060. The van der Waals surface area contributed by atoms with E-state index < -0.39 is 17.6 Å². The second-order valence-electron chi connectivity index (χ2n) is 7.78. The van der Waals surface area contributed by atoms with E-state index in [4.69, 9.17) is 0 Å². The van der Waals surface area contributed by atoms with E-state index in [0.29, 0.717) is 0 Å². The summed E-state index contributed by atoms with van der Waals surface area (Å²) in [6.07, 6.45) is -2.53. The van der Waals surface area contributed by atoms with Crippen LogP contribution in [0.25, 0.3) is 10.8 Å². The van der Waals surface area contributed by atoms with E-state index in [-0.39, 0.29) is 24.3 Å². The number of rotatable bonds is 6. The number of carbonyl (C=O) groups excluding carboxylic acids is 1. The molecule has 0 saturated heterocycles. The molecule has 1 unspecified atom stereocenters. The molecule has 0 aliphatic heterocycles. The SMILES string of the molecule is CC(c1ccc2ccccc2c1)N(CC(=O)Nc1ccccc1C(F)(F)F)C1CC1. The number of para-hydroxylation sites is 1. The summed E-state index contributed by atoms with van der Waals surface area (Å²) in [6.45, 7) is 2.09. The van der Waals surface area contributed by atoms with Crippen molar-refractivity contribution in [3.8, 4) is 0 Å². The maximum absolute atomic E-state index is 13.2. The van der Waals surface area contributed by atoms with Gasteiger partial charge in [0.25, 0.3) is 0 Å². The highest BCUT2D eigenvalue weighted by Crippen LogP contribution is 2.36. The first-order valence-corrected chi connectivity index (χ1v) is 10.0. The molecule has 0 bridgehead atoms. The molecule has 0 spiro atoms. The van der Waals surface area contributed by atoms with Gasteiger partial charge < -0.3 is 5.32 Å². The van der Waals surface area contributed by atoms with Gasteiger partial charge >= 0.3 is 6.18 Å². The average Bonchev–Trinajstić information content (AvgIpc) is 3.56. The van der Waals surface area contributed by atoms with Crippen molar-refractivity contribution >= 4 is 22.4 Å². The number of nitrogens with one attached hydrogen (secondary N) is 1. The second kappa shape index (κ2) is 8.11. The van der Waals surface area contributed by atoms with Gasteiger partial charge in [0.05, 0.1) is 17.8 Å². The molecule has 1 aliphatic carbocycles. The molecule has 1 amide bonds. The van der Waals surface area contributed by atoms with Crippen LogP contribution in [0.4, 0.5) is 18.9 Å². The van der Waals surface area contributed by atoms with Crippen molar-refractivity contribution in [3.63, 3.8) is 0 Å². The molecule has 0 heterocycles. The molecule has 1 aliphatic rings. The number of anilines is 1. The molecule has 30 heavy (non-hydrogen) atoms. The number of fused-ring (bicyclic) bond motifs is 1. The standard InChI is InChI=1S/C24H23F3N2O/c1-16(18-11-10-17-6-2-3-7-19(17)14-18)29(20-12-13-20)15-23(30)28-22-9-5-4-8-21(22)24(25,26)27/h2-11,14,16,20H,12-13,15H2,1H3,(H,28,30). The Hall–Kier alpha value is -2.86. The zero-order chi connectivity index (χ0) is 21.3. The van der Waals surface area contributed by atoms with Gasteiger partial charge in [0.15, 0.2) is 0 Å². The Morgan fingerprint density at radius 1 is 1.03 bits per heavy atom. The number of nitrogens with zero attached hydrogens (tertiary/aromatic N) is 1. The van der Waals surface area contributed by atoms with Crippen molar-refractivity contribution in [2.45, 2.75) is 38.0 Å². The molecule has 0 aromatic heterocycles. The van der Waals surface area contributed by atoms with E-state index in [0.717, 1.165) is 35.2 Å². The summed E-state index contributed by atoms with van der Waals surface area (Å²) in [4.78, 5) is 14.7. The first kappa shape index (κ1) is 20.4. The Labute approximate surface area is 173 Å². The minimum Gasteiger partial charge on any atom is -0.324 e. The first-order valence-electron chi connectivity index (χ1n) is 10.0. The Morgan fingerprint density at radius 2 is 1.70 bits per heavy atom. The minimum atomic E-state index is -4.52. The number of alkyl halides is 3. The first-order chi connectivity index (χ1) is 14.3. The van der Waals surface area contributed by atoms with Gasteiger partial charge in [-0.05, 0) is 54.3 Å². The normalized spacial score (nSPS) is 15.4. The Kier molecular flexibility index (Phi) is 5.52. The van der Waals surface area contributed by atoms with Gasteiger partial charge in [-0.2, -0.15) is 13.2 Å². The average molecular weight is 412 g/mol. The summed E-state index contributed by atoms with van der Waals surface area (Å²) in [5.74, 6) is -0.439. The fourth-order valence-electron chi connectivity index (χ4n) is 3.84. The molecule has 3 nitrogen and oxygen atoms in total. The van der Waals surface area contributed by atoms with Gasteiger partial charge in [-0.25, -0.2) is 0 Å². The van der Waals surface area contributed by atoms with Gasteiger partial charge in [0, 0.05) is 12.1 Å². The lowest BCUT2D eigenvalue weighted by Crippen LogP contribution is -2.37. The molecule has 6 heteroatoms. The fraction of sp³-hybridized carbons (Fsp3) is 0.292. The summed E-state index contributed by atoms with van der Waals surface area (Å²) >= 11 is 0. The van der Waals surface area contributed by atoms with Crippen LogP contribution in [0.5, 0.6) is 0 Å². The molecule has 1 atom stereocenters. The highest BCUT2D eigenvalue weighted by atomic mass is 19.4. The molecule has 156 valence electrons. The zero-order valence-electron chi connectivity index (χ0n) is 16.6. The Balaban J connectivity index is 1.52. The number of carbonyl (C=O) groups is 1. The number of halogens is 3. The molecule has 3 aromatic carbocycles. The van der Waals surface area contributed by atoms with Crippen LogP contribution < -0.4 is 5.32 Å². The van der Waals surface area contributed by atoms with Crippen molar-refractivity contribution in [3.05, 3.63) is 77.9 Å². The molecule has 1 N–H and O–H groups in total. The third kappa shape index (κ3) is 4.49. The molecule has 1 fully saturated rings. The maximum atomic E-state index is 13.2. The lowest BCUT2D eigenvalue weighted by Gasteiger charge is -2.29. The van der Waals surface area contributed by atoms with E-state index in [1.54, 1.807) is 0 Å². The predicted molar refractivity (Wildman–Crippen MR) is 112 cm³/mol. The Morgan fingerprint density at radius 3 is 2.40 bits per heavy atom. The fourth-order valence-corrected chi connectivity index (χ4v) is 3.84. The minimum absolute atomic E-state index is 0.0225. The number of hydrogen-bond donors (Lipinski definition) is 1. The highest BCUT2D eigenvalue weighted by molar-refractivity contribution is 5.93. The van der Waals surface area contributed by atoms with Crippen LogP contribution in [0.1, 0.15) is 36.9 Å². The van der Waals surface area contributed by atoms with E-state index >= 15 is 0 Å². The predicted octanol–water partition coefficient (Wildman–Crippen LogP) is 6.02. The highest BCUT2D eigenvalue weighted by Gasteiger charge is 2.36. The molecule has 0 radical (unpaired) electrons. The topological polar surface area (TPSA) is 32.3 Å². The molecular formula is C24H23F3N2O. The molecule has 1 saturated carbocycles. The summed E-state index contributed by atoms with van der Waals surface area (Å²) in [6, 6.07) is 19.6. The molecule has 4 rings (SSSR count). The third-order valence-corrected chi connectivity index (χ3v) is 5.60. The van der Waals surface area contributed by atoms with Gasteiger partial charge in [0.2, 0.25) is 5.91 Å². The van der Waals surface area contributed by atoms with Crippen LogP contribution in [-0.2, 0) is 11.0 Å².